The lowest BCUT2D eigenvalue weighted by Crippen LogP contribution is -2.46. The Bertz CT molecular complexity index is 1600. The number of benzene rings is 3. The van der Waals surface area contributed by atoms with Crippen LogP contribution in [0.5, 0.6) is 0 Å². The summed E-state index contributed by atoms with van der Waals surface area (Å²) >= 11 is 6.58. The molecule has 3 aromatic carbocycles. The summed E-state index contributed by atoms with van der Waals surface area (Å²) in [4.78, 5) is 18.5. The summed E-state index contributed by atoms with van der Waals surface area (Å²) in [7, 11) is 2.15. The molecular formula is C37H42ClN5O2. The summed E-state index contributed by atoms with van der Waals surface area (Å²) in [5, 5.41) is 16.4. The third-order valence-corrected chi connectivity index (χ3v) is 8.94. The highest BCUT2D eigenvalue weighted by molar-refractivity contribution is 6.34. The van der Waals surface area contributed by atoms with Gasteiger partial charge in [-0.2, -0.15) is 5.26 Å². The first kappa shape index (κ1) is 32.5. The average molecular weight is 624 g/mol. The van der Waals surface area contributed by atoms with Crippen LogP contribution in [0.25, 0.3) is 11.3 Å². The van der Waals surface area contributed by atoms with Gasteiger partial charge in [0.05, 0.1) is 28.8 Å². The molecule has 0 unspecified atom stereocenters. The molecular weight excluding hydrogens is 582 g/mol. The highest BCUT2D eigenvalue weighted by Gasteiger charge is 2.21. The molecule has 0 radical (unpaired) electrons. The van der Waals surface area contributed by atoms with Crippen molar-refractivity contribution < 1.29 is 9.21 Å². The standard InChI is InChI=1S/C37H42ClN5O2/c1-26-4-10-30(11-5-26)27(2)40-25-33-13-15-36(45-33)31-12-14-35(38)34(23-31)37(44)41-32(16-17-43-20-18-42(3)19-21-43)22-28-6-8-29(24-39)9-7-28/h4-15,23,27,32,40H,16-22,25H2,1-3H3,(H,41,44)/t27-,32+/m1/s1. The Morgan fingerprint density at radius 3 is 2.44 bits per heavy atom. The van der Waals surface area contributed by atoms with Crippen LogP contribution in [0.4, 0.5) is 0 Å². The zero-order valence-corrected chi connectivity index (χ0v) is 27.1. The molecule has 2 heterocycles. The molecule has 4 aromatic rings. The van der Waals surface area contributed by atoms with Crippen molar-refractivity contribution in [3.63, 3.8) is 0 Å². The van der Waals surface area contributed by atoms with Crippen LogP contribution in [0.1, 0.15) is 57.8 Å². The van der Waals surface area contributed by atoms with Gasteiger partial charge in [-0.3, -0.25) is 4.79 Å². The number of hydrogen-bond acceptors (Lipinski definition) is 6. The van der Waals surface area contributed by atoms with Crippen molar-refractivity contribution in [3.8, 4) is 17.4 Å². The van der Waals surface area contributed by atoms with Gasteiger partial charge in [0.1, 0.15) is 11.5 Å². The van der Waals surface area contributed by atoms with Crippen LogP contribution in [0.15, 0.2) is 83.3 Å². The fourth-order valence-corrected chi connectivity index (χ4v) is 5.81. The van der Waals surface area contributed by atoms with Crippen LogP contribution in [-0.4, -0.2) is 61.5 Å². The van der Waals surface area contributed by atoms with Gasteiger partial charge in [-0.1, -0.05) is 53.6 Å². The van der Waals surface area contributed by atoms with E-state index in [1.54, 1.807) is 6.07 Å². The lowest BCUT2D eigenvalue weighted by molar-refractivity contribution is 0.0927. The van der Waals surface area contributed by atoms with E-state index in [0.29, 0.717) is 34.9 Å². The van der Waals surface area contributed by atoms with Gasteiger partial charge in [-0.05, 0) is 87.3 Å². The van der Waals surface area contributed by atoms with Crippen LogP contribution in [0.2, 0.25) is 5.02 Å². The zero-order valence-electron chi connectivity index (χ0n) is 26.4. The Hall–Kier alpha value is -3.93. The van der Waals surface area contributed by atoms with E-state index in [2.05, 4.69) is 71.7 Å². The number of rotatable bonds is 12. The van der Waals surface area contributed by atoms with E-state index in [9.17, 15) is 10.1 Å². The quantitative estimate of drug-likeness (QED) is 0.185. The Balaban J connectivity index is 1.25. The minimum Gasteiger partial charge on any atom is -0.460 e. The highest BCUT2D eigenvalue weighted by atomic mass is 35.5. The first-order valence-corrected chi connectivity index (χ1v) is 16.0. The third-order valence-electron chi connectivity index (χ3n) is 8.61. The molecule has 2 N–H and O–H groups in total. The molecule has 7 nitrogen and oxygen atoms in total. The first-order valence-electron chi connectivity index (χ1n) is 15.7. The Morgan fingerprint density at radius 1 is 1.00 bits per heavy atom. The number of nitrogens with one attached hydrogen (secondary N) is 2. The second-order valence-corrected chi connectivity index (χ2v) is 12.5. The number of aryl methyl sites for hydroxylation is 1. The fourth-order valence-electron chi connectivity index (χ4n) is 5.61. The van der Waals surface area contributed by atoms with Crippen molar-refractivity contribution in [2.75, 3.05) is 39.8 Å². The van der Waals surface area contributed by atoms with Crippen molar-refractivity contribution in [1.82, 2.24) is 20.4 Å². The molecule has 45 heavy (non-hydrogen) atoms. The average Bonchev–Trinajstić information content (AvgIpc) is 3.53. The number of furan rings is 1. The summed E-state index contributed by atoms with van der Waals surface area (Å²) < 4.78 is 6.17. The Labute approximate surface area is 271 Å². The van der Waals surface area contributed by atoms with E-state index in [0.717, 1.165) is 56.0 Å². The van der Waals surface area contributed by atoms with Gasteiger partial charge in [-0.15, -0.1) is 0 Å². The smallest absolute Gasteiger partial charge is 0.253 e. The largest absolute Gasteiger partial charge is 0.460 e. The Kier molecular flexibility index (Phi) is 11.1. The third kappa shape index (κ3) is 9.06. The van der Waals surface area contributed by atoms with Gasteiger partial charge in [0, 0.05) is 50.4 Å². The number of halogens is 1. The number of likely N-dealkylation sites (N-methyl/N-ethyl adjacent to an activating group) is 1. The van der Waals surface area contributed by atoms with E-state index in [1.165, 1.54) is 11.1 Å². The molecule has 1 amide bonds. The number of nitriles is 1. The highest BCUT2D eigenvalue weighted by Crippen LogP contribution is 2.28. The second kappa shape index (κ2) is 15.4. The molecule has 0 aliphatic carbocycles. The summed E-state index contributed by atoms with van der Waals surface area (Å²) in [6.07, 6.45) is 1.47. The number of amides is 1. The van der Waals surface area contributed by atoms with E-state index in [4.69, 9.17) is 16.0 Å². The van der Waals surface area contributed by atoms with Crippen LogP contribution in [0.3, 0.4) is 0 Å². The zero-order chi connectivity index (χ0) is 31.8. The van der Waals surface area contributed by atoms with Crippen LogP contribution in [-0.2, 0) is 13.0 Å². The molecule has 2 atom stereocenters. The number of piperazine rings is 1. The molecule has 0 bridgehead atoms. The maximum atomic E-state index is 13.7. The van der Waals surface area contributed by atoms with E-state index < -0.39 is 0 Å². The molecule has 5 rings (SSSR count). The topological polar surface area (TPSA) is 84.5 Å². The SMILES string of the molecule is Cc1ccc([C@@H](C)NCc2ccc(-c3ccc(Cl)c(C(=O)N[C@@H](CCN4CCN(C)CC4)Cc4ccc(C#N)cc4)c3)o2)cc1. The molecule has 1 aromatic heterocycles. The van der Waals surface area contributed by atoms with Crippen molar-refractivity contribution in [3.05, 3.63) is 117 Å². The van der Waals surface area contributed by atoms with E-state index in [-0.39, 0.29) is 18.0 Å². The number of carbonyl (C=O) groups is 1. The molecule has 1 aliphatic heterocycles. The second-order valence-electron chi connectivity index (χ2n) is 12.1. The van der Waals surface area contributed by atoms with Crippen LogP contribution < -0.4 is 10.6 Å². The maximum absolute atomic E-state index is 13.7. The van der Waals surface area contributed by atoms with E-state index >= 15 is 0 Å². The summed E-state index contributed by atoms with van der Waals surface area (Å²) in [5.74, 6) is 1.29. The molecule has 234 valence electrons. The Morgan fingerprint density at radius 2 is 1.73 bits per heavy atom. The minimum absolute atomic E-state index is 0.0957. The number of nitrogens with zero attached hydrogens (tertiary/aromatic N) is 3. The molecule has 1 fully saturated rings. The normalized spacial score (nSPS) is 15.4. The predicted octanol–water partition coefficient (Wildman–Crippen LogP) is 6.61. The van der Waals surface area contributed by atoms with Gasteiger partial charge in [0.15, 0.2) is 0 Å². The molecule has 1 saturated heterocycles. The lowest BCUT2D eigenvalue weighted by Gasteiger charge is -2.33. The monoisotopic (exact) mass is 623 g/mol. The summed E-state index contributed by atoms with van der Waals surface area (Å²) in [6.45, 7) is 9.84. The summed E-state index contributed by atoms with van der Waals surface area (Å²) in [6, 6.07) is 27.7. The first-order chi connectivity index (χ1) is 21.8. The minimum atomic E-state index is -0.209. The van der Waals surface area contributed by atoms with Gasteiger partial charge >= 0.3 is 0 Å². The number of carbonyl (C=O) groups excluding carboxylic acids is 1. The fraction of sp³-hybridized carbons (Fsp3) is 0.351. The number of hydrogen-bond donors (Lipinski definition) is 2. The maximum Gasteiger partial charge on any atom is 0.253 e. The molecule has 0 saturated carbocycles. The van der Waals surface area contributed by atoms with Gasteiger partial charge < -0.3 is 24.9 Å². The van der Waals surface area contributed by atoms with Crippen molar-refractivity contribution in [1.29, 1.82) is 5.26 Å². The van der Waals surface area contributed by atoms with Gasteiger partial charge in [0.25, 0.3) is 5.91 Å². The van der Waals surface area contributed by atoms with E-state index in [1.807, 2.05) is 48.5 Å². The molecule has 8 heteroatoms. The van der Waals surface area contributed by atoms with Crippen molar-refractivity contribution in [2.24, 2.45) is 0 Å². The molecule has 0 spiro atoms. The van der Waals surface area contributed by atoms with Crippen LogP contribution in [0, 0.1) is 18.3 Å². The lowest BCUT2D eigenvalue weighted by atomic mass is 10.0. The van der Waals surface area contributed by atoms with Crippen LogP contribution >= 0.6 is 11.6 Å². The van der Waals surface area contributed by atoms with Gasteiger partial charge in [0.2, 0.25) is 0 Å². The van der Waals surface area contributed by atoms with Crippen molar-refractivity contribution in [2.45, 2.75) is 45.3 Å². The molecule has 1 aliphatic rings. The van der Waals surface area contributed by atoms with Crippen molar-refractivity contribution >= 4 is 17.5 Å². The summed E-state index contributed by atoms with van der Waals surface area (Å²) in [5.41, 5.74) is 5.38. The predicted molar refractivity (Wildman–Crippen MR) is 180 cm³/mol. The van der Waals surface area contributed by atoms with Gasteiger partial charge in [-0.25, -0.2) is 0 Å².